The van der Waals surface area contributed by atoms with E-state index in [0.29, 0.717) is 19.0 Å². The lowest BCUT2D eigenvalue weighted by molar-refractivity contribution is -0.151. The normalized spacial score (nSPS) is 22.0. The number of piperidine rings is 1. The number of nitrogens with zero attached hydrogens (tertiary/aromatic N) is 2. The molecule has 2 fully saturated rings. The highest BCUT2D eigenvalue weighted by atomic mass is 35.5. The van der Waals surface area contributed by atoms with E-state index in [9.17, 15) is 9.59 Å². The van der Waals surface area contributed by atoms with Crippen LogP contribution in [0.1, 0.15) is 37.2 Å². The van der Waals surface area contributed by atoms with Crippen molar-refractivity contribution in [3.05, 3.63) is 34.9 Å². The lowest BCUT2D eigenvalue weighted by Crippen LogP contribution is -2.47. The van der Waals surface area contributed by atoms with Gasteiger partial charge < -0.3 is 9.80 Å². The largest absolute Gasteiger partial charge is 0.334 e. The van der Waals surface area contributed by atoms with Crippen LogP contribution in [0.5, 0.6) is 0 Å². The molecule has 4 nitrogen and oxygen atoms in total. The Labute approximate surface area is 136 Å². The van der Waals surface area contributed by atoms with Gasteiger partial charge in [-0.2, -0.15) is 0 Å². The van der Waals surface area contributed by atoms with Gasteiger partial charge in [-0.05, 0) is 43.4 Å². The van der Waals surface area contributed by atoms with Crippen molar-refractivity contribution in [3.63, 3.8) is 0 Å². The predicted molar refractivity (Wildman–Crippen MR) is 85.8 cm³/mol. The fourth-order valence-electron chi connectivity index (χ4n) is 3.36. The second-order valence-electron chi connectivity index (χ2n) is 6.14. The minimum atomic E-state index is -0.333. The number of amides is 2. The fraction of sp³-hybridized carbons (Fsp3) is 0.529. The number of carbonyl (C=O) groups excluding carboxylic acids is 2. The van der Waals surface area contributed by atoms with Gasteiger partial charge in [-0.15, -0.1) is 0 Å². The van der Waals surface area contributed by atoms with Gasteiger partial charge in [-0.25, -0.2) is 0 Å². The lowest BCUT2D eigenvalue weighted by atomic mass is 9.90. The van der Waals surface area contributed by atoms with Gasteiger partial charge in [0, 0.05) is 37.1 Å². The molecular weight excluding hydrogens is 300 g/mol. The first-order chi connectivity index (χ1) is 10.6. The summed E-state index contributed by atoms with van der Waals surface area (Å²) in [7, 11) is 0. The van der Waals surface area contributed by atoms with Crippen LogP contribution in [0.4, 0.5) is 0 Å². The first kappa shape index (κ1) is 15.3. The Bertz CT molecular complexity index is 552. The molecule has 0 aliphatic carbocycles. The van der Waals surface area contributed by atoms with Crippen LogP contribution in [0.3, 0.4) is 0 Å². The fourth-order valence-corrected chi connectivity index (χ4v) is 3.49. The number of halogens is 1. The lowest BCUT2D eigenvalue weighted by Gasteiger charge is -2.33. The number of benzene rings is 1. The van der Waals surface area contributed by atoms with E-state index in [1.54, 1.807) is 9.80 Å². The van der Waals surface area contributed by atoms with E-state index >= 15 is 0 Å². The molecule has 2 saturated heterocycles. The van der Waals surface area contributed by atoms with Crippen LogP contribution >= 0.6 is 11.6 Å². The maximum Gasteiger partial charge on any atom is 0.312 e. The number of hydrogen-bond donors (Lipinski definition) is 0. The van der Waals surface area contributed by atoms with Crippen molar-refractivity contribution >= 4 is 23.4 Å². The maximum absolute atomic E-state index is 12.4. The summed E-state index contributed by atoms with van der Waals surface area (Å²) in [5.41, 5.74) is 1.19. The van der Waals surface area contributed by atoms with E-state index in [4.69, 9.17) is 11.6 Å². The Hall–Kier alpha value is -1.55. The van der Waals surface area contributed by atoms with Gasteiger partial charge >= 0.3 is 11.8 Å². The molecule has 2 aliphatic rings. The van der Waals surface area contributed by atoms with E-state index in [1.165, 1.54) is 5.56 Å². The molecule has 0 saturated carbocycles. The summed E-state index contributed by atoms with van der Waals surface area (Å²) in [6.45, 7) is 2.75. The second kappa shape index (κ2) is 6.69. The Balaban J connectivity index is 1.65. The Morgan fingerprint density at radius 1 is 0.909 bits per heavy atom. The molecule has 0 N–H and O–H groups in total. The van der Waals surface area contributed by atoms with Crippen LogP contribution in [0, 0.1) is 0 Å². The third kappa shape index (κ3) is 3.27. The highest BCUT2D eigenvalue weighted by molar-refractivity contribution is 6.35. The SMILES string of the molecule is O=C(C(=O)N1CCC[C@@H](c2ccc(Cl)cc2)C1)N1CCCC1. The highest BCUT2D eigenvalue weighted by Gasteiger charge is 2.32. The van der Waals surface area contributed by atoms with Crippen LogP contribution in [-0.4, -0.2) is 47.8 Å². The van der Waals surface area contributed by atoms with Gasteiger partial charge in [0.25, 0.3) is 0 Å². The summed E-state index contributed by atoms with van der Waals surface area (Å²) < 4.78 is 0. The molecule has 1 atom stereocenters. The Kier molecular flexibility index (Phi) is 4.67. The Morgan fingerprint density at radius 3 is 2.18 bits per heavy atom. The summed E-state index contributed by atoms with van der Waals surface area (Å²) in [6.07, 6.45) is 3.99. The molecule has 2 aliphatic heterocycles. The van der Waals surface area contributed by atoms with Crippen molar-refractivity contribution in [2.75, 3.05) is 26.2 Å². The summed E-state index contributed by atoms with van der Waals surface area (Å²) in [6, 6.07) is 7.80. The van der Waals surface area contributed by atoms with Crippen LogP contribution in [0.2, 0.25) is 5.02 Å². The molecule has 1 aromatic rings. The molecular formula is C17H21ClN2O2. The predicted octanol–water partition coefficient (Wildman–Crippen LogP) is 2.67. The average molecular weight is 321 g/mol. The third-order valence-electron chi connectivity index (χ3n) is 4.63. The topological polar surface area (TPSA) is 40.6 Å². The van der Waals surface area contributed by atoms with Gasteiger partial charge in [0.2, 0.25) is 0 Å². The smallest absolute Gasteiger partial charge is 0.312 e. The van der Waals surface area contributed by atoms with Crippen LogP contribution < -0.4 is 0 Å². The first-order valence-corrected chi connectivity index (χ1v) is 8.36. The summed E-state index contributed by atoms with van der Waals surface area (Å²) >= 11 is 5.93. The second-order valence-corrected chi connectivity index (χ2v) is 6.58. The highest BCUT2D eigenvalue weighted by Crippen LogP contribution is 2.28. The molecule has 22 heavy (non-hydrogen) atoms. The van der Waals surface area contributed by atoms with Gasteiger partial charge in [0.1, 0.15) is 0 Å². The number of rotatable bonds is 1. The zero-order valence-electron chi connectivity index (χ0n) is 12.6. The van der Waals surface area contributed by atoms with Crippen molar-refractivity contribution < 1.29 is 9.59 Å². The van der Waals surface area contributed by atoms with Crippen LogP contribution in [-0.2, 0) is 9.59 Å². The molecule has 0 radical (unpaired) electrons. The zero-order valence-corrected chi connectivity index (χ0v) is 13.4. The zero-order chi connectivity index (χ0) is 15.5. The molecule has 3 rings (SSSR count). The monoisotopic (exact) mass is 320 g/mol. The van der Waals surface area contributed by atoms with Crippen LogP contribution in [0.25, 0.3) is 0 Å². The minimum absolute atomic E-state index is 0.293. The van der Waals surface area contributed by atoms with E-state index < -0.39 is 0 Å². The summed E-state index contributed by atoms with van der Waals surface area (Å²) in [4.78, 5) is 28.1. The van der Waals surface area contributed by atoms with E-state index in [2.05, 4.69) is 0 Å². The molecule has 0 unspecified atom stereocenters. The van der Waals surface area contributed by atoms with E-state index in [0.717, 1.165) is 43.8 Å². The van der Waals surface area contributed by atoms with Gasteiger partial charge in [0.15, 0.2) is 0 Å². The van der Waals surface area contributed by atoms with Crippen LogP contribution in [0.15, 0.2) is 24.3 Å². The molecule has 2 heterocycles. The van der Waals surface area contributed by atoms with E-state index in [-0.39, 0.29) is 11.8 Å². The van der Waals surface area contributed by atoms with Crippen molar-refractivity contribution in [1.29, 1.82) is 0 Å². The molecule has 5 heteroatoms. The molecule has 0 aromatic heterocycles. The Morgan fingerprint density at radius 2 is 1.50 bits per heavy atom. The molecule has 2 amide bonds. The van der Waals surface area contributed by atoms with Gasteiger partial charge in [-0.1, -0.05) is 23.7 Å². The van der Waals surface area contributed by atoms with E-state index in [1.807, 2.05) is 24.3 Å². The summed E-state index contributed by atoms with van der Waals surface area (Å²) in [5, 5.41) is 0.719. The number of likely N-dealkylation sites (tertiary alicyclic amines) is 2. The van der Waals surface area contributed by atoms with Gasteiger partial charge in [0.05, 0.1) is 0 Å². The minimum Gasteiger partial charge on any atom is -0.334 e. The first-order valence-electron chi connectivity index (χ1n) is 7.99. The molecule has 0 bridgehead atoms. The average Bonchev–Trinajstić information content (AvgIpc) is 3.09. The van der Waals surface area contributed by atoms with Crippen molar-refractivity contribution in [3.8, 4) is 0 Å². The molecule has 0 spiro atoms. The van der Waals surface area contributed by atoms with Crippen molar-refractivity contribution in [2.24, 2.45) is 0 Å². The maximum atomic E-state index is 12.4. The quantitative estimate of drug-likeness (QED) is 0.746. The van der Waals surface area contributed by atoms with Crippen molar-refractivity contribution in [2.45, 2.75) is 31.6 Å². The van der Waals surface area contributed by atoms with Gasteiger partial charge in [-0.3, -0.25) is 9.59 Å². The standard InChI is InChI=1S/C17H21ClN2O2/c18-15-7-5-13(6-8-15)14-4-3-11-20(12-14)17(22)16(21)19-9-1-2-10-19/h5-8,14H,1-4,9-12H2/t14-/m1/s1. The summed E-state index contributed by atoms with van der Waals surface area (Å²) in [5.74, 6) is -0.365. The molecule has 118 valence electrons. The number of hydrogen-bond acceptors (Lipinski definition) is 2. The molecule has 1 aromatic carbocycles. The van der Waals surface area contributed by atoms with Crippen molar-refractivity contribution in [1.82, 2.24) is 9.80 Å². The third-order valence-corrected chi connectivity index (χ3v) is 4.88. The number of carbonyl (C=O) groups is 2.